The second kappa shape index (κ2) is 9.49. The lowest BCUT2D eigenvalue weighted by Gasteiger charge is -2.21. The number of aryl methyl sites for hydroxylation is 1. The summed E-state index contributed by atoms with van der Waals surface area (Å²) in [5, 5.41) is 7.75. The Hall–Kier alpha value is -3.25. The molecule has 0 saturated carbocycles. The summed E-state index contributed by atoms with van der Waals surface area (Å²) < 4.78 is 5.77. The van der Waals surface area contributed by atoms with Crippen molar-refractivity contribution in [1.82, 2.24) is 5.43 Å². The molecule has 4 rings (SSSR count). The maximum absolute atomic E-state index is 12.3. The largest absolute Gasteiger partial charge is 0.483 e. The van der Waals surface area contributed by atoms with Gasteiger partial charge in [0.15, 0.2) is 6.61 Å². The van der Waals surface area contributed by atoms with Crippen molar-refractivity contribution in [1.29, 1.82) is 0 Å². The van der Waals surface area contributed by atoms with Gasteiger partial charge in [-0.25, -0.2) is 5.43 Å². The number of ether oxygens (including phenoxy) is 1. The summed E-state index contributed by atoms with van der Waals surface area (Å²) in [6.45, 7) is 8.07. The fourth-order valence-corrected chi connectivity index (χ4v) is 4.47. The zero-order valence-electron chi connectivity index (χ0n) is 18.7. The van der Waals surface area contributed by atoms with Crippen LogP contribution in [0.2, 0.25) is 0 Å². The van der Waals surface area contributed by atoms with Crippen LogP contribution in [0, 0.1) is 6.92 Å². The van der Waals surface area contributed by atoms with Crippen molar-refractivity contribution in [3.05, 3.63) is 77.4 Å². The number of benzene rings is 3. The van der Waals surface area contributed by atoms with Crippen molar-refractivity contribution in [2.45, 2.75) is 43.4 Å². The number of hydrazone groups is 1. The van der Waals surface area contributed by atoms with Gasteiger partial charge < -0.3 is 10.1 Å². The highest BCUT2D eigenvalue weighted by Crippen LogP contribution is 2.44. The van der Waals surface area contributed by atoms with E-state index >= 15 is 0 Å². The van der Waals surface area contributed by atoms with Gasteiger partial charge in [0.25, 0.3) is 5.91 Å². The SMILES string of the molecule is CC(=NNC(=O)COc1ccc(C)cc1C(C)C)c1ccc2c(c1)Nc1ccccc1S2. The van der Waals surface area contributed by atoms with Crippen molar-refractivity contribution in [3.63, 3.8) is 0 Å². The first kappa shape index (κ1) is 22.0. The van der Waals surface area contributed by atoms with Gasteiger partial charge in [0.2, 0.25) is 0 Å². The van der Waals surface area contributed by atoms with Crippen LogP contribution in [-0.4, -0.2) is 18.2 Å². The van der Waals surface area contributed by atoms with E-state index in [2.05, 4.69) is 60.0 Å². The third-order valence-corrected chi connectivity index (χ3v) is 6.42. The van der Waals surface area contributed by atoms with Crippen LogP contribution in [0.1, 0.15) is 43.4 Å². The van der Waals surface area contributed by atoms with Crippen LogP contribution in [-0.2, 0) is 4.79 Å². The molecule has 3 aromatic carbocycles. The maximum atomic E-state index is 12.3. The predicted octanol–water partition coefficient (Wildman–Crippen LogP) is 6.25. The molecule has 164 valence electrons. The number of para-hydroxylation sites is 1. The van der Waals surface area contributed by atoms with Gasteiger partial charge in [-0.2, -0.15) is 5.10 Å². The molecule has 3 aromatic rings. The molecule has 0 spiro atoms. The smallest absolute Gasteiger partial charge is 0.277 e. The number of anilines is 2. The number of hydrogen-bond acceptors (Lipinski definition) is 5. The maximum Gasteiger partial charge on any atom is 0.277 e. The Balaban J connectivity index is 1.39. The summed E-state index contributed by atoms with van der Waals surface area (Å²) in [7, 11) is 0. The lowest BCUT2D eigenvalue weighted by Crippen LogP contribution is -2.26. The molecular weight excluding hydrogens is 418 g/mol. The van der Waals surface area contributed by atoms with Gasteiger partial charge in [-0.1, -0.05) is 61.5 Å². The average molecular weight is 446 g/mol. The molecule has 0 aliphatic carbocycles. The molecule has 5 nitrogen and oxygen atoms in total. The van der Waals surface area contributed by atoms with Crippen molar-refractivity contribution in [2.24, 2.45) is 5.10 Å². The Morgan fingerprint density at radius 3 is 2.66 bits per heavy atom. The van der Waals surface area contributed by atoms with E-state index in [-0.39, 0.29) is 12.5 Å². The van der Waals surface area contributed by atoms with Crippen LogP contribution in [0.3, 0.4) is 0 Å². The lowest BCUT2D eigenvalue weighted by molar-refractivity contribution is -0.123. The van der Waals surface area contributed by atoms with E-state index in [0.717, 1.165) is 38.9 Å². The van der Waals surface area contributed by atoms with Crippen LogP contribution in [0.25, 0.3) is 0 Å². The molecule has 0 fully saturated rings. The van der Waals surface area contributed by atoms with Crippen LogP contribution in [0.15, 0.2) is 75.6 Å². The Labute approximate surface area is 193 Å². The van der Waals surface area contributed by atoms with Crippen molar-refractivity contribution >= 4 is 34.8 Å². The van der Waals surface area contributed by atoms with Gasteiger partial charge in [0, 0.05) is 9.79 Å². The van der Waals surface area contributed by atoms with Crippen molar-refractivity contribution in [2.75, 3.05) is 11.9 Å². The summed E-state index contributed by atoms with van der Waals surface area (Å²) in [5.41, 5.74) is 8.68. The van der Waals surface area contributed by atoms with Crippen LogP contribution in [0.4, 0.5) is 11.4 Å². The molecular formula is C26H27N3O2S. The quantitative estimate of drug-likeness (QED) is 0.272. The van der Waals surface area contributed by atoms with Crippen LogP contribution >= 0.6 is 11.8 Å². The van der Waals surface area contributed by atoms with E-state index in [1.807, 2.05) is 44.2 Å². The van der Waals surface area contributed by atoms with Gasteiger partial charge in [-0.3, -0.25) is 4.79 Å². The third-order valence-electron chi connectivity index (χ3n) is 5.27. The number of amides is 1. The molecule has 32 heavy (non-hydrogen) atoms. The Morgan fingerprint density at radius 1 is 1.06 bits per heavy atom. The first-order chi connectivity index (χ1) is 15.4. The molecule has 1 aliphatic heterocycles. The molecule has 6 heteroatoms. The molecule has 2 N–H and O–H groups in total. The number of nitrogens with one attached hydrogen (secondary N) is 2. The number of hydrogen-bond donors (Lipinski definition) is 2. The molecule has 1 heterocycles. The minimum Gasteiger partial charge on any atom is -0.483 e. The summed E-state index contributed by atoms with van der Waals surface area (Å²) in [6, 6.07) is 20.4. The highest BCUT2D eigenvalue weighted by atomic mass is 32.2. The predicted molar refractivity (Wildman–Crippen MR) is 131 cm³/mol. The zero-order chi connectivity index (χ0) is 22.7. The molecule has 0 bridgehead atoms. The number of carbonyl (C=O) groups is 1. The van der Waals surface area contributed by atoms with Gasteiger partial charge in [0.1, 0.15) is 5.75 Å². The van der Waals surface area contributed by atoms with Crippen LogP contribution in [0.5, 0.6) is 5.75 Å². The Kier molecular flexibility index (Phi) is 6.51. The van der Waals surface area contributed by atoms with Crippen LogP contribution < -0.4 is 15.5 Å². The van der Waals surface area contributed by atoms with Crippen molar-refractivity contribution in [3.8, 4) is 5.75 Å². The molecule has 1 amide bonds. The minimum absolute atomic E-state index is 0.0846. The normalized spacial score (nSPS) is 12.6. The second-order valence-corrected chi connectivity index (χ2v) is 9.23. The fraction of sp³-hybridized carbons (Fsp3) is 0.231. The topological polar surface area (TPSA) is 62.7 Å². The average Bonchev–Trinajstić information content (AvgIpc) is 2.79. The van der Waals surface area contributed by atoms with Gasteiger partial charge in [-0.15, -0.1) is 0 Å². The highest BCUT2D eigenvalue weighted by Gasteiger charge is 2.16. The summed E-state index contributed by atoms with van der Waals surface area (Å²) in [4.78, 5) is 14.7. The highest BCUT2D eigenvalue weighted by molar-refractivity contribution is 7.99. The summed E-state index contributed by atoms with van der Waals surface area (Å²) in [5.74, 6) is 0.760. The van der Waals surface area contributed by atoms with Gasteiger partial charge in [0.05, 0.1) is 17.1 Å². The molecule has 0 unspecified atom stereocenters. The summed E-state index contributed by atoms with van der Waals surface area (Å²) in [6.07, 6.45) is 0. The molecule has 1 aliphatic rings. The lowest BCUT2D eigenvalue weighted by atomic mass is 10.00. The number of fused-ring (bicyclic) bond motifs is 2. The molecule has 0 atom stereocenters. The summed E-state index contributed by atoms with van der Waals surface area (Å²) >= 11 is 1.74. The number of nitrogens with zero attached hydrogens (tertiary/aromatic N) is 1. The number of rotatable bonds is 6. The molecule has 0 aromatic heterocycles. The first-order valence-electron chi connectivity index (χ1n) is 10.7. The zero-order valence-corrected chi connectivity index (χ0v) is 19.5. The minimum atomic E-state index is -0.291. The van der Waals surface area contributed by atoms with E-state index in [4.69, 9.17) is 4.74 Å². The number of carbonyl (C=O) groups excluding carboxylic acids is 1. The Morgan fingerprint density at radius 2 is 1.84 bits per heavy atom. The second-order valence-electron chi connectivity index (χ2n) is 8.15. The van der Waals surface area contributed by atoms with E-state index in [0.29, 0.717) is 5.92 Å². The van der Waals surface area contributed by atoms with Gasteiger partial charge >= 0.3 is 0 Å². The van der Waals surface area contributed by atoms with Crippen molar-refractivity contribution < 1.29 is 9.53 Å². The van der Waals surface area contributed by atoms with E-state index in [9.17, 15) is 4.79 Å². The standard InChI is InChI=1S/C26H27N3O2S/c1-16(2)20-13-17(3)9-11-23(20)31-15-26(30)29-28-18(4)19-10-12-25-22(14-19)27-21-7-5-6-8-24(21)32-25/h5-14,16,27H,15H2,1-4H3,(H,29,30). The Bertz CT molecular complexity index is 1190. The molecule has 0 radical (unpaired) electrons. The first-order valence-corrected chi connectivity index (χ1v) is 11.5. The third kappa shape index (κ3) is 4.97. The molecule has 0 saturated heterocycles. The van der Waals surface area contributed by atoms with Gasteiger partial charge in [-0.05, 0) is 61.2 Å². The van der Waals surface area contributed by atoms with E-state index in [1.165, 1.54) is 10.5 Å². The van der Waals surface area contributed by atoms with E-state index < -0.39 is 0 Å². The fourth-order valence-electron chi connectivity index (χ4n) is 3.50. The van der Waals surface area contributed by atoms with E-state index in [1.54, 1.807) is 11.8 Å². The monoisotopic (exact) mass is 445 g/mol.